The molecule has 0 bridgehead atoms. The van der Waals surface area contributed by atoms with Crippen molar-refractivity contribution < 1.29 is 9.13 Å². The Labute approximate surface area is 139 Å². The fourth-order valence-electron chi connectivity index (χ4n) is 2.95. The first kappa shape index (κ1) is 16.6. The van der Waals surface area contributed by atoms with Crippen LogP contribution in [0.15, 0.2) is 29.3 Å². The average Bonchev–Trinajstić information content (AvgIpc) is 2.57. The molecule has 24 heavy (non-hydrogen) atoms. The number of hydrogen-bond donors (Lipinski definition) is 0. The summed E-state index contributed by atoms with van der Waals surface area (Å²) in [5, 5.41) is 0. The van der Waals surface area contributed by atoms with Crippen LogP contribution in [0.25, 0.3) is 11.3 Å². The number of aromatic nitrogens is 3. The van der Waals surface area contributed by atoms with Gasteiger partial charge in [-0.1, -0.05) is 0 Å². The molecule has 128 valence electrons. The van der Waals surface area contributed by atoms with Crippen molar-refractivity contribution in [2.45, 2.75) is 39.5 Å². The SMILES string of the molecule is CCn1c(N2CCO[C@@H](C)[C@H]2C)nc(-c2ccncc2F)cc1=O. The number of anilines is 1. The highest BCUT2D eigenvalue weighted by Crippen LogP contribution is 2.24. The van der Waals surface area contributed by atoms with Crippen molar-refractivity contribution in [1.82, 2.24) is 14.5 Å². The van der Waals surface area contributed by atoms with Gasteiger partial charge in [0, 0.05) is 30.9 Å². The van der Waals surface area contributed by atoms with Gasteiger partial charge in [0.25, 0.3) is 5.56 Å². The number of ether oxygens (including phenoxy) is 1. The van der Waals surface area contributed by atoms with Gasteiger partial charge in [-0.05, 0) is 26.8 Å². The van der Waals surface area contributed by atoms with E-state index >= 15 is 0 Å². The van der Waals surface area contributed by atoms with Gasteiger partial charge in [0.05, 0.1) is 30.6 Å². The standard InChI is InChI=1S/C17H21FN4O2/c1-4-21-16(23)9-15(13-5-6-19-10-14(13)18)20-17(21)22-7-8-24-12(3)11(22)2/h5-6,9-12H,4,7-8H2,1-3H3/t11-,12+/m1/s1. The Bertz CT molecular complexity index is 792. The number of rotatable bonds is 3. The van der Waals surface area contributed by atoms with Crippen LogP contribution in [-0.2, 0) is 11.3 Å². The summed E-state index contributed by atoms with van der Waals surface area (Å²) in [6, 6.07) is 2.98. The van der Waals surface area contributed by atoms with Gasteiger partial charge < -0.3 is 9.64 Å². The summed E-state index contributed by atoms with van der Waals surface area (Å²) in [7, 11) is 0. The van der Waals surface area contributed by atoms with E-state index in [4.69, 9.17) is 4.74 Å². The minimum Gasteiger partial charge on any atom is -0.375 e. The van der Waals surface area contributed by atoms with Crippen molar-refractivity contribution >= 4 is 5.95 Å². The van der Waals surface area contributed by atoms with Gasteiger partial charge in [0.15, 0.2) is 5.82 Å². The van der Waals surface area contributed by atoms with Gasteiger partial charge in [-0.25, -0.2) is 9.37 Å². The third-order valence-electron chi connectivity index (χ3n) is 4.49. The van der Waals surface area contributed by atoms with Gasteiger partial charge in [0.1, 0.15) is 0 Å². The second-order valence-electron chi connectivity index (χ2n) is 5.89. The minimum absolute atomic E-state index is 0.0299. The molecule has 0 unspecified atom stereocenters. The average molecular weight is 332 g/mol. The molecule has 1 saturated heterocycles. The summed E-state index contributed by atoms with van der Waals surface area (Å²) in [5.41, 5.74) is 0.409. The summed E-state index contributed by atoms with van der Waals surface area (Å²) in [4.78, 5) is 22.9. The molecule has 0 amide bonds. The van der Waals surface area contributed by atoms with Crippen LogP contribution in [0.1, 0.15) is 20.8 Å². The van der Waals surface area contributed by atoms with E-state index < -0.39 is 5.82 Å². The molecule has 3 heterocycles. The molecular formula is C17H21FN4O2. The molecule has 0 radical (unpaired) electrons. The molecule has 2 aromatic rings. The van der Waals surface area contributed by atoms with E-state index in [0.29, 0.717) is 31.3 Å². The van der Waals surface area contributed by atoms with Gasteiger partial charge in [-0.3, -0.25) is 14.3 Å². The Morgan fingerprint density at radius 1 is 1.42 bits per heavy atom. The molecule has 1 fully saturated rings. The van der Waals surface area contributed by atoms with E-state index in [9.17, 15) is 9.18 Å². The quantitative estimate of drug-likeness (QED) is 0.861. The molecule has 7 heteroatoms. The van der Waals surface area contributed by atoms with E-state index in [2.05, 4.69) is 14.9 Å². The lowest BCUT2D eigenvalue weighted by atomic mass is 10.1. The lowest BCUT2D eigenvalue weighted by Crippen LogP contribution is -2.50. The van der Waals surface area contributed by atoms with Crippen LogP contribution in [0.2, 0.25) is 0 Å². The third-order valence-corrected chi connectivity index (χ3v) is 4.49. The molecule has 0 aromatic carbocycles. The normalized spacial score (nSPS) is 21.1. The predicted octanol–water partition coefficient (Wildman–Crippen LogP) is 2.08. The molecule has 0 saturated carbocycles. The molecule has 0 aliphatic carbocycles. The molecule has 0 N–H and O–H groups in total. The van der Waals surface area contributed by atoms with Crippen LogP contribution in [-0.4, -0.2) is 39.8 Å². The predicted molar refractivity (Wildman–Crippen MR) is 89.6 cm³/mol. The monoisotopic (exact) mass is 332 g/mol. The van der Waals surface area contributed by atoms with Crippen molar-refractivity contribution in [3.05, 3.63) is 40.7 Å². The first-order chi connectivity index (χ1) is 11.5. The Morgan fingerprint density at radius 3 is 2.92 bits per heavy atom. The largest absolute Gasteiger partial charge is 0.375 e. The maximum atomic E-state index is 14.1. The summed E-state index contributed by atoms with van der Waals surface area (Å²) < 4.78 is 21.3. The van der Waals surface area contributed by atoms with Crippen LogP contribution in [0.3, 0.4) is 0 Å². The Kier molecular flexibility index (Phi) is 4.62. The maximum Gasteiger partial charge on any atom is 0.255 e. The highest BCUT2D eigenvalue weighted by Gasteiger charge is 2.29. The fraction of sp³-hybridized carbons (Fsp3) is 0.471. The van der Waals surface area contributed by atoms with E-state index in [1.54, 1.807) is 4.57 Å². The van der Waals surface area contributed by atoms with Crippen LogP contribution in [0.5, 0.6) is 0 Å². The summed E-state index contributed by atoms with van der Waals surface area (Å²) in [6.07, 6.45) is 2.65. The molecule has 1 aliphatic rings. The van der Waals surface area contributed by atoms with E-state index in [1.165, 1.54) is 18.3 Å². The number of morpholine rings is 1. The lowest BCUT2D eigenvalue weighted by molar-refractivity contribution is 0.0274. The Balaban J connectivity index is 2.14. The third kappa shape index (κ3) is 2.91. The van der Waals surface area contributed by atoms with Crippen LogP contribution in [0, 0.1) is 5.82 Å². The molecule has 1 aliphatic heterocycles. The number of nitrogens with zero attached hydrogens (tertiary/aromatic N) is 4. The molecule has 2 atom stereocenters. The minimum atomic E-state index is -0.493. The van der Waals surface area contributed by atoms with Crippen LogP contribution < -0.4 is 10.5 Å². The second kappa shape index (κ2) is 6.68. The first-order valence-corrected chi connectivity index (χ1v) is 8.13. The molecule has 3 rings (SSSR count). The fourth-order valence-corrected chi connectivity index (χ4v) is 2.95. The zero-order valence-electron chi connectivity index (χ0n) is 14.1. The Hall–Kier alpha value is -2.28. The van der Waals surface area contributed by atoms with Crippen molar-refractivity contribution in [2.75, 3.05) is 18.1 Å². The summed E-state index contributed by atoms with van der Waals surface area (Å²) >= 11 is 0. The van der Waals surface area contributed by atoms with Crippen molar-refractivity contribution in [3.8, 4) is 11.3 Å². The zero-order chi connectivity index (χ0) is 17.3. The van der Waals surface area contributed by atoms with E-state index in [0.717, 1.165) is 6.20 Å². The smallest absolute Gasteiger partial charge is 0.255 e. The van der Waals surface area contributed by atoms with E-state index in [-0.39, 0.29) is 23.3 Å². The lowest BCUT2D eigenvalue weighted by Gasteiger charge is -2.39. The van der Waals surface area contributed by atoms with Crippen LogP contribution >= 0.6 is 0 Å². The molecule has 2 aromatic heterocycles. The van der Waals surface area contributed by atoms with Gasteiger partial charge >= 0.3 is 0 Å². The first-order valence-electron chi connectivity index (χ1n) is 8.13. The Morgan fingerprint density at radius 2 is 2.21 bits per heavy atom. The highest BCUT2D eigenvalue weighted by atomic mass is 19.1. The van der Waals surface area contributed by atoms with Crippen molar-refractivity contribution in [3.63, 3.8) is 0 Å². The molecular weight excluding hydrogens is 311 g/mol. The second-order valence-corrected chi connectivity index (χ2v) is 5.89. The number of hydrogen-bond acceptors (Lipinski definition) is 5. The zero-order valence-corrected chi connectivity index (χ0v) is 14.1. The molecule has 6 nitrogen and oxygen atoms in total. The van der Waals surface area contributed by atoms with Gasteiger partial charge in [-0.15, -0.1) is 0 Å². The topological polar surface area (TPSA) is 60.2 Å². The van der Waals surface area contributed by atoms with E-state index in [1.807, 2.05) is 20.8 Å². The van der Waals surface area contributed by atoms with Crippen LogP contribution in [0.4, 0.5) is 10.3 Å². The highest BCUT2D eigenvalue weighted by molar-refractivity contribution is 5.60. The number of pyridine rings is 1. The summed E-state index contributed by atoms with van der Waals surface area (Å²) in [6.45, 7) is 7.64. The summed E-state index contributed by atoms with van der Waals surface area (Å²) in [5.74, 6) is 0.0619. The number of halogens is 1. The molecule has 0 spiro atoms. The maximum absolute atomic E-state index is 14.1. The van der Waals surface area contributed by atoms with Gasteiger partial charge in [-0.2, -0.15) is 0 Å². The van der Waals surface area contributed by atoms with Gasteiger partial charge in [0.2, 0.25) is 5.95 Å². The van der Waals surface area contributed by atoms with Crippen molar-refractivity contribution in [1.29, 1.82) is 0 Å². The van der Waals surface area contributed by atoms with Crippen molar-refractivity contribution in [2.24, 2.45) is 0 Å².